The molecule has 2 aromatic carbocycles. The number of rotatable bonds is 6. The van der Waals surface area contributed by atoms with Crippen molar-refractivity contribution in [2.75, 3.05) is 13.2 Å². The Labute approximate surface area is 134 Å². The van der Waals surface area contributed by atoms with Crippen LogP contribution in [0.25, 0.3) is 0 Å². The molecular formula is C17H18ClNO3. The van der Waals surface area contributed by atoms with E-state index in [9.17, 15) is 0 Å². The fraction of sp³-hybridized carbons (Fsp3) is 0.235. The monoisotopic (exact) mass is 319 g/mol. The van der Waals surface area contributed by atoms with E-state index in [4.69, 9.17) is 26.3 Å². The number of aryl methyl sites for hydroxylation is 2. The maximum Gasteiger partial charge on any atom is 0.128 e. The van der Waals surface area contributed by atoms with E-state index in [0.717, 1.165) is 5.75 Å². The molecule has 2 aromatic rings. The van der Waals surface area contributed by atoms with E-state index in [1.54, 1.807) is 18.2 Å². The van der Waals surface area contributed by atoms with Crippen LogP contribution < -0.4 is 9.47 Å². The number of hydrogen-bond acceptors (Lipinski definition) is 4. The van der Waals surface area contributed by atoms with Gasteiger partial charge in [0.15, 0.2) is 0 Å². The van der Waals surface area contributed by atoms with Crippen molar-refractivity contribution in [1.29, 1.82) is 0 Å². The maximum atomic E-state index is 8.65. The molecule has 0 spiro atoms. The van der Waals surface area contributed by atoms with Crippen molar-refractivity contribution < 1.29 is 14.7 Å². The van der Waals surface area contributed by atoms with E-state index in [2.05, 4.69) is 12.1 Å². The van der Waals surface area contributed by atoms with Crippen molar-refractivity contribution in [2.45, 2.75) is 13.8 Å². The highest BCUT2D eigenvalue weighted by Gasteiger charge is 2.04. The van der Waals surface area contributed by atoms with E-state index >= 15 is 0 Å². The Morgan fingerprint density at radius 2 is 1.82 bits per heavy atom. The number of benzene rings is 2. The third-order valence-electron chi connectivity index (χ3n) is 3.26. The average molecular weight is 320 g/mol. The van der Waals surface area contributed by atoms with E-state index in [-0.39, 0.29) is 0 Å². The van der Waals surface area contributed by atoms with Gasteiger partial charge in [-0.25, -0.2) is 0 Å². The predicted octanol–water partition coefficient (Wildman–Crippen LogP) is 4.22. The van der Waals surface area contributed by atoms with Crippen molar-refractivity contribution in [3.63, 3.8) is 0 Å². The van der Waals surface area contributed by atoms with Crippen molar-refractivity contribution in [1.82, 2.24) is 0 Å². The van der Waals surface area contributed by atoms with Crippen molar-refractivity contribution in [3.8, 4) is 11.5 Å². The second-order valence-corrected chi connectivity index (χ2v) is 5.31. The highest BCUT2D eigenvalue weighted by molar-refractivity contribution is 6.30. The molecule has 5 heteroatoms. The summed E-state index contributed by atoms with van der Waals surface area (Å²) in [7, 11) is 0. The fourth-order valence-electron chi connectivity index (χ4n) is 1.93. The van der Waals surface area contributed by atoms with Gasteiger partial charge in [0.2, 0.25) is 0 Å². The Morgan fingerprint density at radius 3 is 2.55 bits per heavy atom. The molecular weight excluding hydrogens is 302 g/mol. The summed E-state index contributed by atoms with van der Waals surface area (Å²) in [6.07, 6.45) is 1.28. The lowest BCUT2D eigenvalue weighted by Gasteiger charge is -2.11. The van der Waals surface area contributed by atoms with Crippen LogP contribution >= 0.6 is 11.6 Å². The number of ether oxygens (including phenoxy) is 2. The molecule has 0 saturated carbocycles. The quantitative estimate of drug-likeness (QED) is 0.375. The third kappa shape index (κ3) is 4.40. The number of halogens is 1. The minimum absolute atomic E-state index is 0.376. The minimum Gasteiger partial charge on any atom is -0.490 e. The van der Waals surface area contributed by atoms with Crippen LogP contribution in [0, 0.1) is 13.8 Å². The normalized spacial score (nSPS) is 10.9. The second kappa shape index (κ2) is 7.71. The first-order valence-corrected chi connectivity index (χ1v) is 7.28. The molecule has 0 heterocycles. The van der Waals surface area contributed by atoms with Gasteiger partial charge in [-0.2, -0.15) is 0 Å². The van der Waals surface area contributed by atoms with Gasteiger partial charge in [0.05, 0.1) is 6.21 Å². The summed E-state index contributed by atoms with van der Waals surface area (Å²) in [5.41, 5.74) is 3.04. The van der Waals surface area contributed by atoms with E-state index < -0.39 is 0 Å². The Hall–Kier alpha value is -2.20. The molecule has 0 amide bonds. The highest BCUT2D eigenvalue weighted by Crippen LogP contribution is 2.21. The molecule has 22 heavy (non-hydrogen) atoms. The lowest BCUT2D eigenvalue weighted by Crippen LogP contribution is -2.10. The number of oxime groups is 1. The average Bonchev–Trinajstić information content (AvgIpc) is 2.49. The molecule has 116 valence electrons. The second-order valence-electron chi connectivity index (χ2n) is 4.87. The first-order valence-electron chi connectivity index (χ1n) is 6.90. The van der Waals surface area contributed by atoms with Gasteiger partial charge in [-0.05, 0) is 55.3 Å². The molecule has 0 aliphatic heterocycles. The Kier molecular flexibility index (Phi) is 5.67. The molecule has 0 aliphatic carbocycles. The zero-order valence-electron chi connectivity index (χ0n) is 12.5. The van der Waals surface area contributed by atoms with Gasteiger partial charge in [-0.3, -0.25) is 0 Å². The first-order chi connectivity index (χ1) is 10.6. The molecule has 0 atom stereocenters. The zero-order chi connectivity index (χ0) is 15.9. The molecule has 0 unspecified atom stereocenters. The first kappa shape index (κ1) is 16.2. The van der Waals surface area contributed by atoms with Crippen molar-refractivity contribution >= 4 is 17.8 Å². The molecule has 0 bridgehead atoms. The lowest BCUT2D eigenvalue weighted by atomic mass is 10.1. The van der Waals surface area contributed by atoms with Crippen LogP contribution in [0.5, 0.6) is 11.5 Å². The minimum atomic E-state index is 0.376. The van der Waals surface area contributed by atoms with Crippen molar-refractivity contribution in [3.05, 3.63) is 58.1 Å². The zero-order valence-corrected chi connectivity index (χ0v) is 13.3. The Morgan fingerprint density at radius 1 is 1.05 bits per heavy atom. The summed E-state index contributed by atoms with van der Waals surface area (Å²) in [5, 5.41) is 12.2. The van der Waals surface area contributed by atoms with Crippen LogP contribution in [0.1, 0.15) is 16.7 Å². The van der Waals surface area contributed by atoms with Gasteiger partial charge in [0.1, 0.15) is 24.7 Å². The van der Waals surface area contributed by atoms with Crippen LogP contribution in [0.15, 0.2) is 41.6 Å². The molecule has 0 aliphatic rings. The molecule has 0 fully saturated rings. The molecule has 0 radical (unpaired) electrons. The standard InChI is InChI=1S/C17H18ClNO3/c1-12-3-5-16(9-13(12)2)21-7-8-22-17-6-4-15(18)10-14(17)11-19-20/h3-6,9-11,20H,7-8H2,1-2H3/b19-11+. The molecule has 2 rings (SSSR count). The fourth-order valence-corrected chi connectivity index (χ4v) is 2.11. The van der Waals surface area contributed by atoms with Gasteiger partial charge in [0.25, 0.3) is 0 Å². The van der Waals surface area contributed by atoms with Gasteiger partial charge in [-0.1, -0.05) is 22.8 Å². The van der Waals surface area contributed by atoms with Gasteiger partial charge in [0, 0.05) is 10.6 Å². The summed E-state index contributed by atoms with van der Waals surface area (Å²) in [6.45, 7) is 4.90. The van der Waals surface area contributed by atoms with Crippen LogP contribution in [0.2, 0.25) is 5.02 Å². The van der Waals surface area contributed by atoms with E-state index in [0.29, 0.717) is 29.5 Å². The Balaban J connectivity index is 1.90. The van der Waals surface area contributed by atoms with Crippen LogP contribution in [-0.4, -0.2) is 24.6 Å². The Bertz CT molecular complexity index is 671. The lowest BCUT2D eigenvalue weighted by molar-refractivity contribution is 0.217. The van der Waals surface area contributed by atoms with E-state index in [1.165, 1.54) is 17.3 Å². The molecule has 0 saturated heterocycles. The largest absolute Gasteiger partial charge is 0.490 e. The van der Waals surface area contributed by atoms with Crippen LogP contribution in [0.4, 0.5) is 0 Å². The highest BCUT2D eigenvalue weighted by atomic mass is 35.5. The summed E-state index contributed by atoms with van der Waals surface area (Å²) >= 11 is 5.90. The summed E-state index contributed by atoms with van der Waals surface area (Å²) in [6, 6.07) is 11.1. The SMILES string of the molecule is Cc1ccc(OCCOc2ccc(Cl)cc2/C=N/O)cc1C. The van der Waals surface area contributed by atoms with Gasteiger partial charge in [-0.15, -0.1) is 0 Å². The van der Waals surface area contributed by atoms with Gasteiger partial charge >= 0.3 is 0 Å². The topological polar surface area (TPSA) is 51.0 Å². The summed E-state index contributed by atoms with van der Waals surface area (Å²) in [5.74, 6) is 1.41. The third-order valence-corrected chi connectivity index (χ3v) is 3.49. The summed E-state index contributed by atoms with van der Waals surface area (Å²) in [4.78, 5) is 0. The van der Waals surface area contributed by atoms with Crippen LogP contribution in [-0.2, 0) is 0 Å². The molecule has 4 nitrogen and oxygen atoms in total. The molecule has 1 N–H and O–H groups in total. The smallest absolute Gasteiger partial charge is 0.128 e. The predicted molar refractivity (Wildman–Crippen MR) is 87.7 cm³/mol. The van der Waals surface area contributed by atoms with Crippen LogP contribution in [0.3, 0.4) is 0 Å². The van der Waals surface area contributed by atoms with Gasteiger partial charge < -0.3 is 14.7 Å². The number of nitrogens with zero attached hydrogens (tertiary/aromatic N) is 1. The maximum absolute atomic E-state index is 8.65. The summed E-state index contributed by atoms with van der Waals surface area (Å²) < 4.78 is 11.3. The van der Waals surface area contributed by atoms with Crippen molar-refractivity contribution in [2.24, 2.45) is 5.16 Å². The van der Waals surface area contributed by atoms with E-state index in [1.807, 2.05) is 25.1 Å². The molecule has 0 aromatic heterocycles. The number of hydrogen-bond donors (Lipinski definition) is 1.